The molecule has 4 aromatic rings. The molecule has 0 aliphatic carbocycles. The Morgan fingerprint density at radius 2 is 1.84 bits per heavy atom. The number of aliphatic hydroxyl groups is 1. The van der Waals surface area contributed by atoms with Gasteiger partial charge in [-0.25, -0.2) is 4.98 Å². The molecular weight excluding hydrogens is 422 g/mol. The van der Waals surface area contributed by atoms with Gasteiger partial charge in [-0.2, -0.15) is 0 Å². The Bertz CT molecular complexity index is 1380. The molecule has 32 heavy (non-hydrogen) atoms. The quantitative estimate of drug-likeness (QED) is 0.277. The van der Waals surface area contributed by atoms with E-state index in [-0.39, 0.29) is 11.3 Å². The molecule has 6 nitrogen and oxygen atoms in total. The van der Waals surface area contributed by atoms with Crippen LogP contribution in [0.3, 0.4) is 0 Å². The number of aliphatic hydroxyl groups excluding tert-OH is 1. The van der Waals surface area contributed by atoms with Gasteiger partial charge in [0.05, 0.1) is 21.8 Å². The van der Waals surface area contributed by atoms with E-state index in [1.54, 1.807) is 30.6 Å². The van der Waals surface area contributed by atoms with Crippen LogP contribution in [0.1, 0.15) is 28.3 Å². The normalized spacial score (nSPS) is 17.9. The van der Waals surface area contributed by atoms with Crippen LogP contribution in [0.15, 0.2) is 72.6 Å². The first-order chi connectivity index (χ1) is 15.5. The van der Waals surface area contributed by atoms with E-state index >= 15 is 0 Å². The Hall–Kier alpha value is -3.84. The van der Waals surface area contributed by atoms with Crippen molar-refractivity contribution in [2.45, 2.75) is 19.9 Å². The average molecular weight is 442 g/mol. The lowest BCUT2D eigenvalue weighted by Crippen LogP contribution is -2.29. The summed E-state index contributed by atoms with van der Waals surface area (Å²) in [5.41, 5.74) is 3.94. The number of rotatable bonds is 3. The Morgan fingerprint density at radius 3 is 2.56 bits per heavy atom. The van der Waals surface area contributed by atoms with Crippen molar-refractivity contribution in [2.75, 3.05) is 4.90 Å². The second-order valence-corrected chi connectivity index (χ2v) is 8.73. The van der Waals surface area contributed by atoms with Crippen LogP contribution >= 0.6 is 11.3 Å². The number of nitrogens with zero attached hydrogens (tertiary/aromatic N) is 3. The number of carbonyl (C=O) groups is 2. The molecule has 1 fully saturated rings. The lowest BCUT2D eigenvalue weighted by atomic mass is 9.95. The molecule has 1 amide bonds. The number of anilines is 1. The standard InChI is InChI=1S/C25H19N3O3S/c1-14-9-10-16(12-15(14)2)22(29)20-21(17-6-5-11-26-13-17)28(24(31)23(20)30)25-27-18-7-3-4-8-19(18)32-25/h3-13,21,29H,1-2H3/b22-20+. The smallest absolute Gasteiger partial charge is 0.301 e. The van der Waals surface area contributed by atoms with Crippen LogP contribution in [-0.2, 0) is 9.59 Å². The summed E-state index contributed by atoms with van der Waals surface area (Å²) in [5, 5.41) is 11.6. The monoisotopic (exact) mass is 441 g/mol. The highest BCUT2D eigenvalue weighted by Gasteiger charge is 2.48. The molecule has 2 aromatic heterocycles. The van der Waals surface area contributed by atoms with E-state index in [0.29, 0.717) is 16.3 Å². The zero-order chi connectivity index (χ0) is 22.4. The predicted molar refractivity (Wildman–Crippen MR) is 125 cm³/mol. The van der Waals surface area contributed by atoms with Crippen LogP contribution in [0.5, 0.6) is 0 Å². The molecule has 1 unspecified atom stereocenters. The van der Waals surface area contributed by atoms with Crippen LogP contribution in [-0.4, -0.2) is 26.8 Å². The number of carbonyl (C=O) groups excluding carboxylic acids is 2. The average Bonchev–Trinajstić information content (AvgIpc) is 3.34. The molecule has 3 heterocycles. The molecule has 7 heteroatoms. The van der Waals surface area contributed by atoms with Crippen molar-refractivity contribution in [1.29, 1.82) is 0 Å². The number of aromatic nitrogens is 2. The Labute approximate surface area is 188 Å². The number of hydrogen-bond acceptors (Lipinski definition) is 6. The van der Waals surface area contributed by atoms with Gasteiger partial charge in [0.2, 0.25) is 0 Å². The van der Waals surface area contributed by atoms with E-state index in [1.807, 2.05) is 50.2 Å². The first kappa shape index (κ1) is 20.1. The Morgan fingerprint density at radius 1 is 1.03 bits per heavy atom. The van der Waals surface area contributed by atoms with Crippen LogP contribution < -0.4 is 4.90 Å². The highest BCUT2D eigenvalue weighted by Crippen LogP contribution is 2.44. The molecule has 1 atom stereocenters. The number of ketones is 1. The molecule has 0 bridgehead atoms. The molecule has 0 spiro atoms. The van der Waals surface area contributed by atoms with Gasteiger partial charge in [-0.3, -0.25) is 19.5 Å². The van der Waals surface area contributed by atoms with Gasteiger partial charge in [0.15, 0.2) is 5.13 Å². The van der Waals surface area contributed by atoms with Crippen molar-refractivity contribution in [2.24, 2.45) is 0 Å². The van der Waals surface area contributed by atoms with Crippen molar-refractivity contribution >= 4 is 44.1 Å². The van der Waals surface area contributed by atoms with Crippen LogP contribution in [0, 0.1) is 13.8 Å². The summed E-state index contributed by atoms with van der Waals surface area (Å²) in [5.74, 6) is -1.67. The highest BCUT2D eigenvalue weighted by molar-refractivity contribution is 7.22. The van der Waals surface area contributed by atoms with Gasteiger partial charge >= 0.3 is 5.91 Å². The first-order valence-corrected chi connectivity index (χ1v) is 10.9. The maximum absolute atomic E-state index is 13.2. The Balaban J connectivity index is 1.73. The van der Waals surface area contributed by atoms with E-state index in [2.05, 4.69) is 9.97 Å². The predicted octanol–water partition coefficient (Wildman–Crippen LogP) is 4.93. The molecule has 158 valence electrons. The minimum atomic E-state index is -0.828. The largest absolute Gasteiger partial charge is 0.507 e. The van der Waals surface area contributed by atoms with Gasteiger partial charge < -0.3 is 5.11 Å². The Kier molecular flexibility index (Phi) is 4.83. The van der Waals surface area contributed by atoms with E-state index in [4.69, 9.17) is 0 Å². The lowest BCUT2D eigenvalue weighted by Gasteiger charge is -2.22. The molecule has 1 N–H and O–H groups in total. The fourth-order valence-corrected chi connectivity index (χ4v) is 4.88. The molecule has 2 aromatic carbocycles. The zero-order valence-corrected chi connectivity index (χ0v) is 18.3. The number of fused-ring (bicyclic) bond motifs is 1. The number of Topliss-reactive ketones (excluding diaryl/α,β-unsaturated/α-hetero) is 1. The molecule has 1 aliphatic heterocycles. The summed E-state index contributed by atoms with van der Waals surface area (Å²) in [6.45, 7) is 3.91. The van der Waals surface area contributed by atoms with E-state index < -0.39 is 17.7 Å². The van der Waals surface area contributed by atoms with Gasteiger partial charge in [0, 0.05) is 18.0 Å². The van der Waals surface area contributed by atoms with Crippen molar-refractivity contribution in [3.8, 4) is 0 Å². The minimum Gasteiger partial charge on any atom is -0.507 e. The summed E-state index contributed by atoms with van der Waals surface area (Å²) in [6.07, 6.45) is 3.22. The van der Waals surface area contributed by atoms with Crippen LogP contribution in [0.25, 0.3) is 16.0 Å². The van der Waals surface area contributed by atoms with Gasteiger partial charge in [0.25, 0.3) is 5.78 Å². The van der Waals surface area contributed by atoms with Gasteiger partial charge in [-0.15, -0.1) is 0 Å². The number of pyridine rings is 1. The summed E-state index contributed by atoms with van der Waals surface area (Å²) in [4.78, 5) is 36.6. The number of benzene rings is 2. The zero-order valence-electron chi connectivity index (χ0n) is 17.4. The molecule has 0 saturated carbocycles. The molecule has 1 saturated heterocycles. The maximum Gasteiger partial charge on any atom is 0.301 e. The van der Waals surface area contributed by atoms with Crippen LogP contribution in [0.2, 0.25) is 0 Å². The molecular formula is C25H19N3O3S. The van der Waals surface area contributed by atoms with Gasteiger partial charge in [-0.05, 0) is 54.8 Å². The van der Waals surface area contributed by atoms with Crippen LogP contribution in [0.4, 0.5) is 5.13 Å². The number of aryl methyl sites for hydroxylation is 2. The third kappa shape index (κ3) is 3.18. The first-order valence-electron chi connectivity index (χ1n) is 10.1. The number of para-hydroxylation sites is 1. The molecule has 1 aliphatic rings. The third-order valence-corrected chi connectivity index (χ3v) is 6.75. The van der Waals surface area contributed by atoms with E-state index in [1.165, 1.54) is 16.2 Å². The summed E-state index contributed by atoms with van der Waals surface area (Å²) < 4.78 is 0.906. The van der Waals surface area contributed by atoms with Gasteiger partial charge in [0.1, 0.15) is 5.76 Å². The topological polar surface area (TPSA) is 83.4 Å². The summed E-state index contributed by atoms with van der Waals surface area (Å²) in [7, 11) is 0. The third-order valence-electron chi connectivity index (χ3n) is 5.71. The number of thiazole rings is 1. The van der Waals surface area contributed by atoms with E-state index in [9.17, 15) is 14.7 Å². The van der Waals surface area contributed by atoms with Crippen molar-refractivity contribution in [3.05, 3.63) is 94.8 Å². The summed E-state index contributed by atoms with van der Waals surface area (Å²) in [6, 6.07) is 15.7. The maximum atomic E-state index is 13.2. The van der Waals surface area contributed by atoms with Crippen molar-refractivity contribution in [3.63, 3.8) is 0 Å². The SMILES string of the molecule is Cc1ccc(/C(O)=C2\C(=O)C(=O)N(c3nc4ccccc4s3)C2c2cccnc2)cc1C. The fourth-order valence-electron chi connectivity index (χ4n) is 3.89. The van der Waals surface area contributed by atoms with Crippen molar-refractivity contribution in [1.82, 2.24) is 9.97 Å². The van der Waals surface area contributed by atoms with Gasteiger partial charge in [-0.1, -0.05) is 41.7 Å². The molecule has 0 radical (unpaired) electrons. The second kappa shape index (κ2) is 7.69. The highest BCUT2D eigenvalue weighted by atomic mass is 32.1. The summed E-state index contributed by atoms with van der Waals surface area (Å²) >= 11 is 1.33. The van der Waals surface area contributed by atoms with Crippen molar-refractivity contribution < 1.29 is 14.7 Å². The second-order valence-electron chi connectivity index (χ2n) is 7.72. The number of hydrogen-bond donors (Lipinski definition) is 1. The molecule has 5 rings (SSSR count). The fraction of sp³-hybridized carbons (Fsp3) is 0.120. The number of amides is 1. The lowest BCUT2D eigenvalue weighted by molar-refractivity contribution is -0.132. The minimum absolute atomic E-state index is 0.0329. The van der Waals surface area contributed by atoms with E-state index in [0.717, 1.165) is 21.3 Å².